The Balaban J connectivity index is 2.33. The summed E-state index contributed by atoms with van der Waals surface area (Å²) in [7, 11) is -3.79. The highest BCUT2D eigenvalue weighted by molar-refractivity contribution is 9.10. The van der Waals surface area contributed by atoms with Gasteiger partial charge in [0.2, 0.25) is 15.9 Å². The Morgan fingerprint density at radius 3 is 2.46 bits per heavy atom. The second kappa shape index (κ2) is 7.31. The summed E-state index contributed by atoms with van der Waals surface area (Å²) in [6.45, 7) is 1.44. The van der Waals surface area contributed by atoms with Gasteiger partial charge in [0.25, 0.3) is 0 Å². The van der Waals surface area contributed by atoms with Crippen LogP contribution in [0.1, 0.15) is 6.92 Å². The molecule has 2 aromatic carbocycles. The van der Waals surface area contributed by atoms with Crippen LogP contribution in [0.3, 0.4) is 0 Å². The number of nitrogens with zero attached hydrogens (tertiary/aromatic N) is 1. The summed E-state index contributed by atoms with van der Waals surface area (Å²) >= 11 is 3.31. The molecule has 8 heteroatoms. The smallest absolute Gasteiger partial charge is 0.248 e. The molecule has 1 atom stereocenters. The number of amides is 1. The van der Waals surface area contributed by atoms with E-state index in [0.717, 1.165) is 16.6 Å². The normalized spacial score (nSPS) is 12.5. The first kappa shape index (κ1) is 18.4. The van der Waals surface area contributed by atoms with Crippen LogP contribution in [0.25, 0.3) is 0 Å². The van der Waals surface area contributed by atoms with Gasteiger partial charge in [-0.25, -0.2) is 12.8 Å². The molecule has 0 aliphatic carbocycles. The van der Waals surface area contributed by atoms with Gasteiger partial charge < -0.3 is 5.32 Å². The summed E-state index contributed by atoms with van der Waals surface area (Å²) < 4.78 is 39.3. The zero-order valence-electron chi connectivity index (χ0n) is 13.0. The van der Waals surface area contributed by atoms with Gasteiger partial charge in [0.15, 0.2) is 0 Å². The number of hydrogen-bond donors (Lipinski definition) is 1. The molecule has 0 fully saturated rings. The summed E-state index contributed by atoms with van der Waals surface area (Å²) in [6.07, 6.45) is 0.972. The van der Waals surface area contributed by atoms with E-state index in [1.165, 1.54) is 25.1 Å². The summed E-state index contributed by atoms with van der Waals surface area (Å²) in [6, 6.07) is 11.0. The molecular formula is C16H16BrFN2O3S. The number of benzene rings is 2. The van der Waals surface area contributed by atoms with Crippen LogP contribution in [0.5, 0.6) is 0 Å². The van der Waals surface area contributed by atoms with Gasteiger partial charge in [-0.1, -0.05) is 18.2 Å². The molecule has 1 N–H and O–H groups in total. The number of rotatable bonds is 5. The van der Waals surface area contributed by atoms with Gasteiger partial charge in [0.05, 0.1) is 17.6 Å². The monoisotopic (exact) mass is 414 g/mol. The molecule has 0 radical (unpaired) electrons. The van der Waals surface area contributed by atoms with Gasteiger partial charge in [-0.15, -0.1) is 0 Å². The van der Waals surface area contributed by atoms with Crippen molar-refractivity contribution in [2.24, 2.45) is 0 Å². The summed E-state index contributed by atoms with van der Waals surface area (Å²) in [5.41, 5.74) is 0.606. The number of hydrogen-bond acceptors (Lipinski definition) is 3. The molecule has 5 nitrogen and oxygen atoms in total. The molecular weight excluding hydrogens is 399 g/mol. The van der Waals surface area contributed by atoms with Crippen LogP contribution in [-0.4, -0.2) is 26.6 Å². The minimum atomic E-state index is -3.79. The molecule has 24 heavy (non-hydrogen) atoms. The maximum atomic E-state index is 13.5. The molecule has 0 spiro atoms. The molecule has 0 aliphatic rings. The first-order valence-electron chi connectivity index (χ1n) is 7.00. The fourth-order valence-corrected chi connectivity index (χ4v) is 3.77. The van der Waals surface area contributed by atoms with Gasteiger partial charge in [-0.05, 0) is 53.2 Å². The number of halogens is 2. The third-order valence-electron chi connectivity index (χ3n) is 3.28. The van der Waals surface area contributed by atoms with Crippen LogP contribution in [0.2, 0.25) is 0 Å². The van der Waals surface area contributed by atoms with Crippen molar-refractivity contribution in [3.05, 3.63) is 58.8 Å². The van der Waals surface area contributed by atoms with Crippen LogP contribution in [0, 0.1) is 5.82 Å². The van der Waals surface area contributed by atoms with Crippen molar-refractivity contribution in [1.29, 1.82) is 0 Å². The number of nitrogens with one attached hydrogen (secondary N) is 1. The standard InChI is InChI=1S/C16H16BrFN2O3S/c1-11(16(21)19-15-9-4-3-8-14(15)17)20(24(2,22)23)13-7-5-6-12(18)10-13/h3-11H,1-2H3,(H,19,21). The third-order valence-corrected chi connectivity index (χ3v) is 5.22. The van der Waals surface area contributed by atoms with Crippen molar-refractivity contribution < 1.29 is 17.6 Å². The zero-order chi connectivity index (χ0) is 17.9. The zero-order valence-corrected chi connectivity index (χ0v) is 15.4. The molecule has 0 heterocycles. The van der Waals surface area contributed by atoms with E-state index < -0.39 is 27.8 Å². The number of sulfonamides is 1. The number of para-hydroxylation sites is 1. The Morgan fingerprint density at radius 1 is 1.21 bits per heavy atom. The summed E-state index contributed by atoms with van der Waals surface area (Å²) in [5.74, 6) is -1.11. The van der Waals surface area contributed by atoms with E-state index in [0.29, 0.717) is 10.2 Å². The van der Waals surface area contributed by atoms with Crippen LogP contribution in [-0.2, 0) is 14.8 Å². The fraction of sp³-hybridized carbons (Fsp3) is 0.188. The van der Waals surface area contributed by atoms with Gasteiger partial charge >= 0.3 is 0 Å². The van der Waals surface area contributed by atoms with E-state index in [9.17, 15) is 17.6 Å². The summed E-state index contributed by atoms with van der Waals surface area (Å²) in [4.78, 5) is 12.5. The minimum absolute atomic E-state index is 0.0901. The maximum Gasteiger partial charge on any atom is 0.248 e. The number of carbonyl (C=O) groups excluding carboxylic acids is 1. The van der Waals surface area contributed by atoms with Crippen LogP contribution < -0.4 is 9.62 Å². The van der Waals surface area contributed by atoms with Crippen LogP contribution in [0.4, 0.5) is 15.8 Å². The largest absolute Gasteiger partial charge is 0.323 e. The van der Waals surface area contributed by atoms with Crippen molar-refractivity contribution in [3.8, 4) is 0 Å². The molecule has 0 saturated carbocycles. The van der Waals surface area contributed by atoms with Crippen LogP contribution in [0.15, 0.2) is 53.0 Å². The number of carbonyl (C=O) groups is 1. The minimum Gasteiger partial charge on any atom is -0.323 e. The van der Waals surface area contributed by atoms with E-state index in [4.69, 9.17) is 0 Å². The van der Waals surface area contributed by atoms with E-state index >= 15 is 0 Å². The Hall–Kier alpha value is -1.93. The van der Waals surface area contributed by atoms with E-state index in [2.05, 4.69) is 21.2 Å². The van der Waals surface area contributed by atoms with Gasteiger partial charge in [-0.3, -0.25) is 9.10 Å². The fourth-order valence-electron chi connectivity index (χ4n) is 2.22. The van der Waals surface area contributed by atoms with Crippen molar-refractivity contribution in [3.63, 3.8) is 0 Å². The Morgan fingerprint density at radius 2 is 1.88 bits per heavy atom. The molecule has 1 amide bonds. The van der Waals surface area contributed by atoms with Crippen LogP contribution >= 0.6 is 15.9 Å². The topological polar surface area (TPSA) is 66.5 Å². The van der Waals surface area contributed by atoms with Crippen molar-refractivity contribution >= 4 is 43.2 Å². The molecule has 1 unspecified atom stereocenters. The first-order valence-corrected chi connectivity index (χ1v) is 9.64. The second-order valence-corrected chi connectivity index (χ2v) is 7.90. The third kappa shape index (κ3) is 4.33. The Kier molecular flexibility index (Phi) is 5.61. The van der Waals surface area contributed by atoms with E-state index in [1.807, 2.05) is 0 Å². The lowest BCUT2D eigenvalue weighted by molar-refractivity contribution is -0.116. The maximum absolute atomic E-state index is 13.5. The van der Waals surface area contributed by atoms with Gasteiger partial charge in [0.1, 0.15) is 11.9 Å². The number of anilines is 2. The highest BCUT2D eigenvalue weighted by Crippen LogP contribution is 2.24. The SMILES string of the molecule is CC(C(=O)Nc1ccccc1Br)N(c1cccc(F)c1)S(C)(=O)=O. The molecule has 0 aliphatic heterocycles. The first-order chi connectivity index (χ1) is 11.2. The van der Waals surface area contributed by atoms with Gasteiger partial charge in [-0.2, -0.15) is 0 Å². The quantitative estimate of drug-likeness (QED) is 0.815. The lowest BCUT2D eigenvalue weighted by atomic mass is 10.2. The second-order valence-electron chi connectivity index (χ2n) is 5.18. The predicted octanol–water partition coefficient (Wildman–Crippen LogP) is 3.38. The molecule has 128 valence electrons. The lowest BCUT2D eigenvalue weighted by Crippen LogP contribution is -2.45. The molecule has 2 rings (SSSR count). The highest BCUT2D eigenvalue weighted by Gasteiger charge is 2.29. The van der Waals surface area contributed by atoms with Crippen molar-refractivity contribution in [2.75, 3.05) is 15.9 Å². The van der Waals surface area contributed by atoms with Crippen molar-refractivity contribution in [1.82, 2.24) is 0 Å². The molecule has 2 aromatic rings. The Labute approximate surface area is 148 Å². The van der Waals surface area contributed by atoms with Gasteiger partial charge in [0, 0.05) is 4.47 Å². The van der Waals surface area contributed by atoms with Crippen molar-refractivity contribution in [2.45, 2.75) is 13.0 Å². The molecule has 0 saturated heterocycles. The summed E-state index contributed by atoms with van der Waals surface area (Å²) in [5, 5.41) is 2.66. The highest BCUT2D eigenvalue weighted by atomic mass is 79.9. The average molecular weight is 415 g/mol. The van der Waals surface area contributed by atoms with E-state index in [-0.39, 0.29) is 5.69 Å². The lowest BCUT2D eigenvalue weighted by Gasteiger charge is -2.28. The molecule has 0 bridgehead atoms. The average Bonchev–Trinajstić information content (AvgIpc) is 2.48. The van der Waals surface area contributed by atoms with E-state index in [1.54, 1.807) is 24.3 Å². The Bertz CT molecular complexity index is 858. The molecule has 0 aromatic heterocycles. The predicted molar refractivity (Wildman–Crippen MR) is 96.0 cm³/mol.